The van der Waals surface area contributed by atoms with Crippen molar-refractivity contribution in [2.45, 2.75) is 58.5 Å². The van der Waals surface area contributed by atoms with Gasteiger partial charge in [0.25, 0.3) is 0 Å². The lowest BCUT2D eigenvalue weighted by molar-refractivity contribution is -0.137. The summed E-state index contributed by atoms with van der Waals surface area (Å²) in [6.07, 6.45) is 5.23. The average molecular weight is 454 g/mol. The summed E-state index contributed by atoms with van der Waals surface area (Å²) in [5.41, 5.74) is 6.36. The number of ketones is 1. The van der Waals surface area contributed by atoms with E-state index in [0.717, 1.165) is 62.2 Å². The number of fused-ring (bicyclic) bond motifs is 2. The van der Waals surface area contributed by atoms with Gasteiger partial charge < -0.3 is 19.5 Å². The number of likely N-dealkylation sites (tertiary alicyclic amines) is 1. The summed E-state index contributed by atoms with van der Waals surface area (Å²) in [7, 11) is 0. The van der Waals surface area contributed by atoms with Crippen LogP contribution in [0.15, 0.2) is 35.2 Å². The quantitative estimate of drug-likeness (QED) is 0.586. The van der Waals surface area contributed by atoms with Gasteiger partial charge in [-0.15, -0.1) is 11.3 Å². The Morgan fingerprint density at radius 1 is 1.12 bits per heavy atom. The molecule has 170 valence electrons. The molecule has 1 aromatic carbocycles. The van der Waals surface area contributed by atoms with Crippen LogP contribution in [-0.2, 0) is 22.6 Å². The Labute approximate surface area is 193 Å². The molecule has 4 rings (SSSR count). The van der Waals surface area contributed by atoms with E-state index in [1.807, 2.05) is 0 Å². The van der Waals surface area contributed by atoms with Crippen molar-refractivity contribution in [1.29, 1.82) is 0 Å². The molecule has 2 aliphatic rings. The number of hydrogen-bond acceptors (Lipinski definition) is 5. The number of benzene rings is 1. The summed E-state index contributed by atoms with van der Waals surface area (Å²) in [5.74, 6) is 0.440. The normalized spacial score (nSPS) is 16.2. The summed E-state index contributed by atoms with van der Waals surface area (Å²) in [4.78, 5) is 25.9. The largest absolute Gasteiger partial charge is 0.488 e. The molecule has 0 saturated carbocycles. The predicted molar refractivity (Wildman–Crippen MR) is 127 cm³/mol. The van der Waals surface area contributed by atoms with E-state index in [2.05, 4.69) is 34.5 Å². The molecular weight excluding hydrogens is 422 g/mol. The minimum Gasteiger partial charge on any atom is -0.488 e. The molecular formula is C26H31NO4S. The van der Waals surface area contributed by atoms with Crippen LogP contribution in [0.1, 0.15) is 67.0 Å². The number of carbonyl (C=O) groups excluding carboxylic acids is 1. The van der Waals surface area contributed by atoms with Crippen molar-refractivity contribution in [3.8, 4) is 5.75 Å². The maximum Gasteiger partial charge on any atom is 0.303 e. The summed E-state index contributed by atoms with van der Waals surface area (Å²) in [6.45, 7) is 5.27. The van der Waals surface area contributed by atoms with Gasteiger partial charge in [0.1, 0.15) is 18.1 Å². The van der Waals surface area contributed by atoms with Gasteiger partial charge in [0.15, 0.2) is 0 Å². The zero-order valence-electron chi connectivity index (χ0n) is 18.7. The van der Waals surface area contributed by atoms with Crippen LogP contribution in [0, 0.1) is 0 Å². The number of carboxylic acids is 1. The maximum absolute atomic E-state index is 11.2. The number of carbonyl (C=O) groups is 2. The standard InChI is InChI=1S/C26H31NO4S/c1-18(28)4-3-12-27-13-9-20(10-14-27)25-22-16-19(5-2-6-24(29)30)7-8-23(22)31-17-21-11-15-32-26(21)25/h7-8,11,15-16H,2-6,9-10,12-14,17H2,1H3,(H,29,30). The van der Waals surface area contributed by atoms with Crippen molar-refractivity contribution >= 4 is 28.7 Å². The van der Waals surface area contributed by atoms with Gasteiger partial charge in [-0.3, -0.25) is 4.79 Å². The Morgan fingerprint density at radius 2 is 1.94 bits per heavy atom. The molecule has 5 nitrogen and oxygen atoms in total. The Balaban J connectivity index is 1.59. The molecule has 0 spiro atoms. The van der Waals surface area contributed by atoms with E-state index in [1.54, 1.807) is 18.3 Å². The summed E-state index contributed by atoms with van der Waals surface area (Å²) in [6, 6.07) is 8.50. The molecule has 2 aromatic rings. The highest BCUT2D eigenvalue weighted by Crippen LogP contribution is 2.43. The van der Waals surface area contributed by atoms with Crippen LogP contribution in [0.5, 0.6) is 5.75 Å². The number of rotatable bonds is 8. The average Bonchev–Trinajstić information content (AvgIpc) is 3.16. The fourth-order valence-electron chi connectivity index (χ4n) is 4.64. The fraction of sp³-hybridized carbons (Fsp3) is 0.462. The third-order valence-electron chi connectivity index (χ3n) is 6.34. The van der Waals surface area contributed by atoms with E-state index in [9.17, 15) is 9.59 Å². The van der Waals surface area contributed by atoms with Crippen molar-refractivity contribution in [2.75, 3.05) is 19.6 Å². The van der Waals surface area contributed by atoms with Gasteiger partial charge in [-0.1, -0.05) is 11.6 Å². The van der Waals surface area contributed by atoms with Crippen LogP contribution in [0.3, 0.4) is 0 Å². The number of ether oxygens (including phenoxy) is 1. The number of aryl methyl sites for hydroxylation is 1. The van der Waals surface area contributed by atoms with Gasteiger partial charge >= 0.3 is 5.97 Å². The number of aliphatic carboxylic acids is 1. The maximum atomic E-state index is 11.2. The first-order chi connectivity index (χ1) is 15.5. The zero-order valence-corrected chi connectivity index (χ0v) is 19.5. The van der Waals surface area contributed by atoms with E-state index >= 15 is 0 Å². The molecule has 6 heteroatoms. The first-order valence-electron chi connectivity index (χ1n) is 11.5. The number of Topliss-reactive ketones (excluding diaryl/α,β-unsaturated/α-hetero) is 1. The van der Waals surface area contributed by atoms with Gasteiger partial charge in [-0.2, -0.15) is 0 Å². The molecule has 0 bridgehead atoms. The lowest BCUT2D eigenvalue weighted by Gasteiger charge is -2.30. The van der Waals surface area contributed by atoms with E-state index in [0.29, 0.717) is 19.4 Å². The van der Waals surface area contributed by atoms with Crippen molar-refractivity contribution < 1.29 is 19.4 Å². The summed E-state index contributed by atoms with van der Waals surface area (Å²) >= 11 is 1.78. The summed E-state index contributed by atoms with van der Waals surface area (Å²) < 4.78 is 6.18. The van der Waals surface area contributed by atoms with Crippen LogP contribution in [0.2, 0.25) is 0 Å². The number of nitrogens with zero attached hydrogens (tertiary/aromatic N) is 1. The van der Waals surface area contributed by atoms with Crippen LogP contribution in [0.4, 0.5) is 0 Å². The van der Waals surface area contributed by atoms with Crippen LogP contribution >= 0.6 is 11.3 Å². The predicted octanol–water partition coefficient (Wildman–Crippen LogP) is 5.31. The van der Waals surface area contributed by atoms with E-state index in [1.165, 1.54) is 21.6 Å². The molecule has 0 amide bonds. The second-order valence-corrected chi connectivity index (χ2v) is 9.68. The lowest BCUT2D eigenvalue weighted by atomic mass is 9.89. The Hall–Kier alpha value is -2.44. The molecule has 0 radical (unpaired) electrons. The third kappa shape index (κ3) is 5.48. The molecule has 0 atom stereocenters. The monoisotopic (exact) mass is 453 g/mol. The molecule has 1 saturated heterocycles. The lowest BCUT2D eigenvalue weighted by Crippen LogP contribution is -2.32. The molecule has 0 unspecified atom stereocenters. The highest BCUT2D eigenvalue weighted by molar-refractivity contribution is 7.11. The highest BCUT2D eigenvalue weighted by atomic mass is 32.1. The number of carboxylic acid groups (broad SMARTS) is 1. The molecule has 0 aliphatic carbocycles. The SMILES string of the molecule is CC(=O)CCCN1CCC(=C2c3cc(CCCC(=O)O)ccc3OCc3ccsc32)CC1. The van der Waals surface area contributed by atoms with Gasteiger partial charge in [-0.05, 0) is 74.7 Å². The molecule has 1 aromatic heterocycles. The molecule has 1 N–H and O–H groups in total. The first kappa shape index (κ1) is 22.7. The highest BCUT2D eigenvalue weighted by Gasteiger charge is 2.26. The summed E-state index contributed by atoms with van der Waals surface area (Å²) in [5, 5.41) is 11.1. The zero-order chi connectivity index (χ0) is 22.5. The fourth-order valence-corrected chi connectivity index (χ4v) is 5.66. The molecule has 32 heavy (non-hydrogen) atoms. The van der Waals surface area contributed by atoms with Crippen molar-refractivity contribution in [3.63, 3.8) is 0 Å². The van der Waals surface area contributed by atoms with E-state index < -0.39 is 5.97 Å². The van der Waals surface area contributed by atoms with E-state index in [-0.39, 0.29) is 12.2 Å². The second-order valence-electron chi connectivity index (χ2n) is 8.77. The van der Waals surface area contributed by atoms with Crippen molar-refractivity contribution in [2.24, 2.45) is 0 Å². The van der Waals surface area contributed by atoms with Crippen LogP contribution in [0.25, 0.3) is 5.57 Å². The Morgan fingerprint density at radius 3 is 2.69 bits per heavy atom. The first-order valence-corrected chi connectivity index (χ1v) is 12.4. The number of piperidine rings is 1. The number of thiophene rings is 1. The van der Waals surface area contributed by atoms with Crippen LogP contribution < -0.4 is 4.74 Å². The molecule has 3 heterocycles. The van der Waals surface area contributed by atoms with Crippen LogP contribution in [-0.4, -0.2) is 41.4 Å². The van der Waals surface area contributed by atoms with Crippen molar-refractivity contribution in [1.82, 2.24) is 4.90 Å². The van der Waals surface area contributed by atoms with Gasteiger partial charge in [0, 0.05) is 47.5 Å². The molecule has 2 aliphatic heterocycles. The Bertz CT molecular complexity index is 1010. The topological polar surface area (TPSA) is 66.8 Å². The van der Waals surface area contributed by atoms with E-state index in [4.69, 9.17) is 9.84 Å². The molecule has 1 fully saturated rings. The minimum absolute atomic E-state index is 0.191. The van der Waals surface area contributed by atoms with Gasteiger partial charge in [0.05, 0.1) is 0 Å². The number of hydrogen-bond donors (Lipinski definition) is 1. The Kier molecular flexibility index (Phi) is 7.43. The second kappa shape index (κ2) is 10.5. The van der Waals surface area contributed by atoms with Gasteiger partial charge in [0.2, 0.25) is 0 Å². The van der Waals surface area contributed by atoms with Crippen molar-refractivity contribution in [3.05, 3.63) is 56.8 Å². The van der Waals surface area contributed by atoms with Gasteiger partial charge in [-0.25, -0.2) is 0 Å². The third-order valence-corrected chi connectivity index (χ3v) is 7.32. The smallest absolute Gasteiger partial charge is 0.303 e. The minimum atomic E-state index is -0.746.